The normalized spacial score (nSPS) is 11.1. The van der Waals surface area contributed by atoms with Crippen LogP contribution in [0.25, 0.3) is 16.5 Å². The summed E-state index contributed by atoms with van der Waals surface area (Å²) in [6, 6.07) is 16.2. The van der Waals surface area contributed by atoms with Gasteiger partial charge in [-0.3, -0.25) is 4.79 Å². The fraction of sp³-hybridized carbons (Fsp3) is 0.148. The molecule has 0 spiro atoms. The van der Waals surface area contributed by atoms with Gasteiger partial charge in [0.1, 0.15) is 23.9 Å². The molecule has 0 radical (unpaired) electrons. The van der Waals surface area contributed by atoms with Crippen molar-refractivity contribution in [3.8, 4) is 11.4 Å². The molecule has 1 amide bonds. The average Bonchev–Trinajstić information content (AvgIpc) is 3.51. The van der Waals surface area contributed by atoms with Crippen molar-refractivity contribution in [1.82, 2.24) is 20.0 Å². The van der Waals surface area contributed by atoms with Crippen LogP contribution in [0.15, 0.2) is 77.8 Å². The molecule has 0 aliphatic heterocycles. The number of halogens is 1. The Morgan fingerprint density at radius 2 is 1.91 bits per heavy atom. The molecule has 1 N–H and O–H groups in total. The molecule has 0 unspecified atom stereocenters. The Kier molecular flexibility index (Phi) is 6.01. The number of benzene rings is 3. The van der Waals surface area contributed by atoms with E-state index in [9.17, 15) is 9.18 Å². The molecule has 0 saturated heterocycles. The van der Waals surface area contributed by atoms with Crippen molar-refractivity contribution in [2.75, 3.05) is 0 Å². The summed E-state index contributed by atoms with van der Waals surface area (Å²) in [4.78, 5) is 17.1. The van der Waals surface area contributed by atoms with Crippen LogP contribution in [0.2, 0.25) is 0 Å². The van der Waals surface area contributed by atoms with Gasteiger partial charge in [-0.25, -0.2) is 9.37 Å². The van der Waals surface area contributed by atoms with Gasteiger partial charge in [-0.15, -0.1) is 0 Å². The summed E-state index contributed by atoms with van der Waals surface area (Å²) in [5.74, 6) is 0.408. The SMILES string of the molecule is Cc1noc(C)c1COc1cc2ccccc2cc1C(=O)NCc1ccc(-n2ccnc2)c(F)c1. The number of aryl methyl sites for hydroxylation is 2. The van der Waals surface area contributed by atoms with Crippen LogP contribution in [0, 0.1) is 19.7 Å². The quantitative estimate of drug-likeness (QED) is 0.350. The number of nitrogens with one attached hydrogen (secondary N) is 1. The van der Waals surface area contributed by atoms with Gasteiger partial charge in [0, 0.05) is 18.9 Å². The summed E-state index contributed by atoms with van der Waals surface area (Å²) in [6.45, 7) is 4.06. The zero-order valence-electron chi connectivity index (χ0n) is 19.3. The van der Waals surface area contributed by atoms with Crippen molar-refractivity contribution in [2.24, 2.45) is 0 Å². The van der Waals surface area contributed by atoms with Gasteiger partial charge < -0.3 is 19.1 Å². The molecule has 8 heteroatoms. The first-order valence-electron chi connectivity index (χ1n) is 11.1. The van der Waals surface area contributed by atoms with Gasteiger partial charge in [-0.1, -0.05) is 35.5 Å². The summed E-state index contributed by atoms with van der Waals surface area (Å²) in [5.41, 5.74) is 3.01. The van der Waals surface area contributed by atoms with Gasteiger partial charge in [0.15, 0.2) is 0 Å². The van der Waals surface area contributed by atoms with Crippen molar-refractivity contribution in [3.63, 3.8) is 0 Å². The lowest BCUT2D eigenvalue weighted by Gasteiger charge is -2.14. The maximum atomic E-state index is 14.6. The van der Waals surface area contributed by atoms with Crippen LogP contribution in [-0.2, 0) is 13.2 Å². The van der Waals surface area contributed by atoms with E-state index in [-0.39, 0.29) is 19.1 Å². The number of hydrogen-bond donors (Lipinski definition) is 1. The van der Waals surface area contributed by atoms with Crippen LogP contribution >= 0.6 is 0 Å². The van der Waals surface area contributed by atoms with Gasteiger partial charge in [0.25, 0.3) is 5.91 Å². The fourth-order valence-corrected chi connectivity index (χ4v) is 3.92. The number of imidazole rings is 1. The first-order chi connectivity index (χ1) is 17.0. The van der Waals surface area contributed by atoms with Crippen molar-refractivity contribution < 1.29 is 18.4 Å². The van der Waals surface area contributed by atoms with Crippen LogP contribution < -0.4 is 10.1 Å². The van der Waals surface area contributed by atoms with E-state index in [0.717, 1.165) is 22.0 Å². The summed E-state index contributed by atoms with van der Waals surface area (Å²) in [7, 11) is 0. The van der Waals surface area contributed by atoms with E-state index in [1.165, 1.54) is 12.4 Å². The topological polar surface area (TPSA) is 82.2 Å². The molecule has 2 heterocycles. The Balaban J connectivity index is 1.37. The lowest BCUT2D eigenvalue weighted by Crippen LogP contribution is -2.23. The predicted molar refractivity (Wildman–Crippen MR) is 129 cm³/mol. The number of carbonyl (C=O) groups is 1. The van der Waals surface area contributed by atoms with E-state index < -0.39 is 5.82 Å². The molecule has 0 aliphatic carbocycles. The largest absolute Gasteiger partial charge is 0.488 e. The van der Waals surface area contributed by atoms with Gasteiger partial charge in [-0.05, 0) is 54.4 Å². The van der Waals surface area contributed by atoms with Crippen molar-refractivity contribution in [3.05, 3.63) is 107 Å². The highest BCUT2D eigenvalue weighted by Gasteiger charge is 2.17. The van der Waals surface area contributed by atoms with Gasteiger partial charge >= 0.3 is 0 Å². The molecule has 0 bridgehead atoms. The molecule has 0 atom stereocenters. The van der Waals surface area contributed by atoms with E-state index in [2.05, 4.69) is 15.5 Å². The summed E-state index contributed by atoms with van der Waals surface area (Å²) in [5, 5.41) is 8.71. The number of rotatable bonds is 7. The Bertz CT molecular complexity index is 1490. The Morgan fingerprint density at radius 3 is 2.60 bits per heavy atom. The molecule has 176 valence electrons. The molecular formula is C27H23FN4O3. The van der Waals surface area contributed by atoms with Crippen molar-refractivity contribution >= 4 is 16.7 Å². The molecule has 35 heavy (non-hydrogen) atoms. The first-order valence-corrected chi connectivity index (χ1v) is 11.1. The van der Waals surface area contributed by atoms with Gasteiger partial charge in [-0.2, -0.15) is 0 Å². The monoisotopic (exact) mass is 470 g/mol. The highest BCUT2D eigenvalue weighted by molar-refractivity contribution is 6.01. The number of hydrogen-bond acceptors (Lipinski definition) is 5. The number of nitrogens with zero attached hydrogens (tertiary/aromatic N) is 3. The third-order valence-corrected chi connectivity index (χ3v) is 5.89. The molecular weight excluding hydrogens is 447 g/mol. The van der Waals surface area contributed by atoms with Crippen LogP contribution in [0.3, 0.4) is 0 Å². The van der Waals surface area contributed by atoms with Crippen LogP contribution in [0.5, 0.6) is 5.75 Å². The predicted octanol–water partition coefficient (Wildman–Crippen LogP) is 5.28. The molecule has 2 aromatic heterocycles. The second-order valence-corrected chi connectivity index (χ2v) is 8.23. The third kappa shape index (κ3) is 4.63. The second-order valence-electron chi connectivity index (χ2n) is 8.23. The highest BCUT2D eigenvalue weighted by atomic mass is 19.1. The van der Waals surface area contributed by atoms with E-state index in [1.54, 1.807) is 35.2 Å². The highest BCUT2D eigenvalue weighted by Crippen LogP contribution is 2.28. The molecule has 7 nitrogen and oxygen atoms in total. The van der Waals surface area contributed by atoms with E-state index in [4.69, 9.17) is 9.26 Å². The third-order valence-electron chi connectivity index (χ3n) is 5.89. The zero-order valence-corrected chi connectivity index (χ0v) is 19.3. The molecule has 0 saturated carbocycles. The minimum Gasteiger partial charge on any atom is -0.488 e. The number of amides is 1. The van der Waals surface area contributed by atoms with Crippen LogP contribution in [0.4, 0.5) is 4.39 Å². The first kappa shape index (κ1) is 22.3. The zero-order chi connectivity index (χ0) is 24.4. The minimum atomic E-state index is -0.399. The lowest BCUT2D eigenvalue weighted by atomic mass is 10.0. The Labute approximate surface area is 201 Å². The second kappa shape index (κ2) is 9.42. The lowest BCUT2D eigenvalue weighted by molar-refractivity contribution is 0.0946. The standard InChI is InChI=1S/C27H23FN4O3/c1-17-23(18(2)35-31-17)15-34-26-13-21-6-4-3-5-20(21)12-22(26)27(33)30-14-19-7-8-25(24(28)11-19)32-10-9-29-16-32/h3-13,16H,14-15H2,1-2H3,(H,30,33). The maximum absolute atomic E-state index is 14.6. The molecule has 3 aromatic carbocycles. The fourth-order valence-electron chi connectivity index (χ4n) is 3.92. The van der Waals surface area contributed by atoms with Crippen LogP contribution in [-0.4, -0.2) is 20.6 Å². The van der Waals surface area contributed by atoms with E-state index in [1.807, 2.05) is 44.2 Å². The summed E-state index contributed by atoms with van der Waals surface area (Å²) >= 11 is 0. The molecule has 0 fully saturated rings. The molecule has 0 aliphatic rings. The molecule has 5 rings (SSSR count). The van der Waals surface area contributed by atoms with Crippen molar-refractivity contribution in [1.29, 1.82) is 0 Å². The van der Waals surface area contributed by atoms with Crippen molar-refractivity contribution in [2.45, 2.75) is 27.0 Å². The number of aromatic nitrogens is 3. The summed E-state index contributed by atoms with van der Waals surface area (Å²) in [6.07, 6.45) is 4.79. The maximum Gasteiger partial charge on any atom is 0.255 e. The Hall–Kier alpha value is -4.46. The summed E-state index contributed by atoms with van der Waals surface area (Å²) < 4.78 is 27.5. The number of carbonyl (C=O) groups excluding carboxylic acids is 1. The van der Waals surface area contributed by atoms with Crippen LogP contribution in [0.1, 0.15) is 32.9 Å². The van der Waals surface area contributed by atoms with E-state index in [0.29, 0.717) is 28.3 Å². The smallest absolute Gasteiger partial charge is 0.255 e. The molecule has 5 aromatic rings. The average molecular weight is 471 g/mol. The Morgan fingerprint density at radius 1 is 1.11 bits per heavy atom. The van der Waals surface area contributed by atoms with E-state index >= 15 is 0 Å². The van der Waals surface area contributed by atoms with Gasteiger partial charge in [0.2, 0.25) is 0 Å². The minimum absolute atomic E-state index is 0.163. The number of fused-ring (bicyclic) bond motifs is 1. The van der Waals surface area contributed by atoms with Gasteiger partial charge in [0.05, 0.1) is 28.8 Å². The number of ether oxygens (including phenoxy) is 1.